The van der Waals surface area contributed by atoms with Crippen LogP contribution < -0.4 is 5.32 Å². The molecule has 1 rings (SSSR count). The fraction of sp³-hybridized carbons (Fsp3) is 0.500. The fourth-order valence-corrected chi connectivity index (χ4v) is 0.754. The summed E-state index contributed by atoms with van der Waals surface area (Å²) in [7, 11) is 0. The second-order valence-corrected chi connectivity index (χ2v) is 2.92. The van der Waals surface area contributed by atoms with E-state index in [4.69, 9.17) is 15.3 Å². The molecule has 1 saturated heterocycles. The van der Waals surface area contributed by atoms with Gasteiger partial charge in [-0.3, -0.25) is 24.5 Å². The van der Waals surface area contributed by atoms with E-state index in [0.717, 1.165) is 0 Å². The topological polar surface area (TPSA) is 141 Å². The summed E-state index contributed by atoms with van der Waals surface area (Å²) in [6.07, 6.45) is -1.79. The molecule has 8 heteroatoms. The molecule has 0 radical (unpaired) electrons. The number of aliphatic hydroxyl groups is 1. The maximum Gasteiger partial charge on any atom is 0.303 e. The molecule has 0 aromatic heterocycles. The molecule has 1 atom stereocenters. The molecule has 1 aliphatic heterocycles. The summed E-state index contributed by atoms with van der Waals surface area (Å²) in [6, 6.07) is 0. The highest BCUT2D eigenvalue weighted by Gasteiger charge is 2.27. The Balaban J connectivity index is 0.000000281. The van der Waals surface area contributed by atoms with Gasteiger partial charge in [0.15, 0.2) is 0 Å². The zero-order valence-corrected chi connectivity index (χ0v) is 8.17. The van der Waals surface area contributed by atoms with Crippen LogP contribution in [0.15, 0.2) is 0 Å². The van der Waals surface area contributed by atoms with Crippen LogP contribution in [0.5, 0.6) is 0 Å². The van der Waals surface area contributed by atoms with Crippen LogP contribution in [0, 0.1) is 0 Å². The lowest BCUT2D eigenvalue weighted by molar-refractivity contribution is -0.143. The number of aliphatic hydroxyl groups excluding tert-OH is 1. The van der Waals surface area contributed by atoms with Gasteiger partial charge in [-0.1, -0.05) is 0 Å². The third-order valence-electron chi connectivity index (χ3n) is 1.50. The molecule has 0 saturated carbocycles. The van der Waals surface area contributed by atoms with Crippen LogP contribution in [0.25, 0.3) is 0 Å². The Morgan fingerprint density at radius 2 is 1.62 bits per heavy atom. The number of carboxylic acid groups (broad SMARTS) is 2. The summed E-state index contributed by atoms with van der Waals surface area (Å²) in [5.41, 5.74) is 0. The first-order valence-electron chi connectivity index (χ1n) is 4.28. The van der Waals surface area contributed by atoms with Gasteiger partial charge < -0.3 is 15.3 Å². The monoisotopic (exact) mass is 233 g/mol. The number of carboxylic acids is 2. The van der Waals surface area contributed by atoms with Crippen LogP contribution in [0.4, 0.5) is 0 Å². The first-order valence-corrected chi connectivity index (χ1v) is 4.28. The molecule has 0 aliphatic carbocycles. The van der Waals surface area contributed by atoms with Gasteiger partial charge in [0.1, 0.15) is 6.10 Å². The largest absolute Gasteiger partial charge is 0.481 e. The van der Waals surface area contributed by atoms with Crippen molar-refractivity contribution in [3.05, 3.63) is 0 Å². The number of hydrogen-bond acceptors (Lipinski definition) is 5. The predicted molar refractivity (Wildman–Crippen MR) is 48.3 cm³/mol. The number of hydrogen-bond donors (Lipinski definition) is 4. The SMILES string of the molecule is O=C(O)CCC(=O)O.O=C1CC(O)C(=O)N1. The molecule has 4 N–H and O–H groups in total. The van der Waals surface area contributed by atoms with Gasteiger partial charge in [0, 0.05) is 0 Å². The second-order valence-electron chi connectivity index (χ2n) is 2.92. The van der Waals surface area contributed by atoms with Crippen molar-refractivity contribution >= 4 is 23.8 Å². The number of nitrogens with one attached hydrogen (secondary N) is 1. The molecule has 2 amide bonds. The third kappa shape index (κ3) is 6.49. The first kappa shape index (κ1) is 14.0. The van der Waals surface area contributed by atoms with Crippen LogP contribution in [0.1, 0.15) is 19.3 Å². The van der Waals surface area contributed by atoms with Crippen molar-refractivity contribution in [2.75, 3.05) is 0 Å². The minimum absolute atomic E-state index is 0.0845. The Hall–Kier alpha value is -1.96. The molecule has 0 spiro atoms. The maximum absolute atomic E-state index is 10.2. The van der Waals surface area contributed by atoms with Gasteiger partial charge in [-0.15, -0.1) is 0 Å². The van der Waals surface area contributed by atoms with Crippen molar-refractivity contribution in [1.82, 2.24) is 5.32 Å². The summed E-state index contributed by atoms with van der Waals surface area (Å²) in [4.78, 5) is 39.7. The average molecular weight is 233 g/mol. The zero-order chi connectivity index (χ0) is 12.7. The van der Waals surface area contributed by atoms with E-state index in [2.05, 4.69) is 0 Å². The maximum atomic E-state index is 10.2. The summed E-state index contributed by atoms with van der Waals surface area (Å²) in [6.45, 7) is 0. The highest BCUT2D eigenvalue weighted by atomic mass is 16.4. The van der Waals surface area contributed by atoms with E-state index in [1.807, 2.05) is 5.32 Å². The average Bonchev–Trinajstić information content (AvgIpc) is 2.42. The van der Waals surface area contributed by atoms with E-state index in [-0.39, 0.29) is 19.3 Å². The molecule has 1 fully saturated rings. The summed E-state index contributed by atoms with van der Waals surface area (Å²) in [5, 5.41) is 26.3. The van der Waals surface area contributed by atoms with Gasteiger partial charge >= 0.3 is 11.9 Å². The van der Waals surface area contributed by atoms with Gasteiger partial charge in [0.2, 0.25) is 5.91 Å². The number of carbonyl (C=O) groups excluding carboxylic acids is 2. The van der Waals surface area contributed by atoms with Gasteiger partial charge in [-0.25, -0.2) is 0 Å². The van der Waals surface area contributed by atoms with Crippen LogP contribution in [-0.2, 0) is 19.2 Å². The van der Waals surface area contributed by atoms with Crippen LogP contribution in [0.3, 0.4) is 0 Å². The first-order chi connectivity index (χ1) is 7.32. The van der Waals surface area contributed by atoms with E-state index in [1.54, 1.807) is 0 Å². The van der Waals surface area contributed by atoms with E-state index < -0.39 is 29.9 Å². The lowest BCUT2D eigenvalue weighted by atomic mass is 10.3. The third-order valence-corrected chi connectivity index (χ3v) is 1.50. The smallest absolute Gasteiger partial charge is 0.303 e. The van der Waals surface area contributed by atoms with Gasteiger partial charge in [-0.05, 0) is 0 Å². The van der Waals surface area contributed by atoms with Crippen molar-refractivity contribution in [3.8, 4) is 0 Å². The molecule has 0 aromatic rings. The minimum Gasteiger partial charge on any atom is -0.481 e. The lowest BCUT2D eigenvalue weighted by Gasteiger charge is -1.88. The van der Waals surface area contributed by atoms with Gasteiger partial charge in [-0.2, -0.15) is 0 Å². The fourth-order valence-electron chi connectivity index (χ4n) is 0.754. The van der Waals surface area contributed by atoms with Crippen LogP contribution >= 0.6 is 0 Å². The lowest BCUT2D eigenvalue weighted by Crippen LogP contribution is -2.24. The number of rotatable bonds is 3. The van der Waals surface area contributed by atoms with Crippen LogP contribution in [0.2, 0.25) is 0 Å². The van der Waals surface area contributed by atoms with E-state index in [0.29, 0.717) is 0 Å². The highest BCUT2D eigenvalue weighted by molar-refractivity contribution is 6.04. The molecule has 16 heavy (non-hydrogen) atoms. The summed E-state index contributed by atoms with van der Waals surface area (Å²) in [5.74, 6) is -3.14. The highest BCUT2D eigenvalue weighted by Crippen LogP contribution is 1.98. The van der Waals surface area contributed by atoms with Crippen molar-refractivity contribution in [2.45, 2.75) is 25.4 Å². The molecule has 90 valence electrons. The normalized spacial score (nSPS) is 18.4. The molecule has 0 bridgehead atoms. The standard InChI is InChI=1S/C4H5NO3.C4H6O4/c6-2-1-3(7)5-4(2)8;5-3(6)1-2-4(7)8/h2,6H,1H2,(H,5,7,8);1-2H2,(H,5,6)(H,7,8). The zero-order valence-electron chi connectivity index (χ0n) is 8.17. The molecular formula is C8H11NO7. The Bertz CT molecular complexity index is 298. The summed E-state index contributed by atoms with van der Waals surface area (Å²) >= 11 is 0. The van der Waals surface area contributed by atoms with Crippen molar-refractivity contribution in [3.63, 3.8) is 0 Å². The van der Waals surface area contributed by atoms with Crippen molar-refractivity contribution in [1.29, 1.82) is 0 Å². The Kier molecular flexibility index (Phi) is 5.71. The molecule has 8 nitrogen and oxygen atoms in total. The molecule has 1 heterocycles. The van der Waals surface area contributed by atoms with E-state index >= 15 is 0 Å². The van der Waals surface area contributed by atoms with Crippen LogP contribution in [-0.4, -0.2) is 45.2 Å². The summed E-state index contributed by atoms with van der Waals surface area (Å²) < 4.78 is 0. The Labute approximate surface area is 89.9 Å². The Morgan fingerprint density at radius 3 is 1.75 bits per heavy atom. The number of aliphatic carboxylic acids is 2. The molecule has 1 aliphatic rings. The number of carbonyl (C=O) groups is 4. The number of imide groups is 1. The van der Waals surface area contributed by atoms with Gasteiger partial charge in [0.05, 0.1) is 19.3 Å². The molecule has 0 aromatic carbocycles. The van der Waals surface area contributed by atoms with Gasteiger partial charge in [0.25, 0.3) is 5.91 Å². The van der Waals surface area contributed by atoms with E-state index in [1.165, 1.54) is 0 Å². The minimum atomic E-state index is -1.11. The number of amides is 2. The molecule has 1 unspecified atom stereocenters. The quantitative estimate of drug-likeness (QED) is 0.427. The second kappa shape index (κ2) is 6.51. The van der Waals surface area contributed by atoms with Crippen molar-refractivity contribution < 1.29 is 34.5 Å². The Morgan fingerprint density at radius 1 is 1.19 bits per heavy atom. The molecular weight excluding hydrogens is 222 g/mol. The van der Waals surface area contributed by atoms with Crippen molar-refractivity contribution in [2.24, 2.45) is 0 Å². The predicted octanol–water partition coefficient (Wildman–Crippen LogP) is -1.67. The van der Waals surface area contributed by atoms with E-state index in [9.17, 15) is 19.2 Å².